The van der Waals surface area contributed by atoms with E-state index in [1.54, 1.807) is 0 Å². The first-order valence-corrected chi connectivity index (χ1v) is 5.37. The SMILES string of the molecule is O=C1C=c2c(c3c(oc2=O)=CC(O)C(=O)O3)C(O)=C1O. The summed E-state index contributed by atoms with van der Waals surface area (Å²) in [5.41, 5.74) is -1.58. The van der Waals surface area contributed by atoms with E-state index in [9.17, 15) is 29.7 Å². The first-order chi connectivity index (χ1) is 9.40. The van der Waals surface area contributed by atoms with Crippen LogP contribution in [-0.2, 0) is 9.59 Å². The number of carbonyl (C=O) groups is 2. The van der Waals surface area contributed by atoms with Gasteiger partial charge in [0, 0.05) is 12.2 Å². The smallest absolute Gasteiger partial charge is 0.344 e. The fraction of sp³-hybridized carbons (Fsp3) is 0.0833. The largest absolute Gasteiger partial charge is 0.504 e. The van der Waals surface area contributed by atoms with Crippen molar-refractivity contribution < 1.29 is 34.1 Å². The van der Waals surface area contributed by atoms with Gasteiger partial charge in [0.15, 0.2) is 23.0 Å². The lowest BCUT2D eigenvalue weighted by molar-refractivity contribution is -0.141. The molecule has 0 spiro atoms. The number of aliphatic hydroxyl groups is 3. The second-order valence-corrected chi connectivity index (χ2v) is 4.11. The summed E-state index contributed by atoms with van der Waals surface area (Å²) < 4.78 is 9.56. The Hall–Kier alpha value is -2.87. The zero-order valence-electron chi connectivity index (χ0n) is 9.61. The molecule has 2 heterocycles. The molecule has 20 heavy (non-hydrogen) atoms. The van der Waals surface area contributed by atoms with E-state index in [4.69, 9.17) is 9.15 Å². The van der Waals surface area contributed by atoms with Gasteiger partial charge in [0.1, 0.15) is 0 Å². The molecule has 3 N–H and O–H groups in total. The average Bonchev–Trinajstić information content (AvgIpc) is 2.39. The van der Waals surface area contributed by atoms with E-state index < -0.39 is 35.0 Å². The molecule has 0 aromatic carbocycles. The predicted octanol–water partition coefficient (Wildman–Crippen LogP) is -2.15. The number of carbonyl (C=O) groups excluding carboxylic acids is 2. The molecule has 1 aromatic rings. The molecule has 1 unspecified atom stereocenters. The fourth-order valence-corrected chi connectivity index (χ4v) is 1.93. The zero-order valence-corrected chi connectivity index (χ0v) is 9.61. The Morgan fingerprint density at radius 3 is 2.50 bits per heavy atom. The lowest BCUT2D eigenvalue weighted by Crippen LogP contribution is -2.41. The highest BCUT2D eigenvalue weighted by atomic mass is 16.6. The van der Waals surface area contributed by atoms with Crippen LogP contribution in [0.2, 0.25) is 0 Å². The van der Waals surface area contributed by atoms with Gasteiger partial charge in [0.2, 0.25) is 11.5 Å². The molecule has 1 aromatic heterocycles. The maximum Gasteiger partial charge on any atom is 0.344 e. The lowest BCUT2D eigenvalue weighted by atomic mass is 10.0. The van der Waals surface area contributed by atoms with Crippen LogP contribution in [-0.4, -0.2) is 33.2 Å². The van der Waals surface area contributed by atoms with Gasteiger partial charge >= 0.3 is 11.6 Å². The van der Waals surface area contributed by atoms with Crippen LogP contribution < -0.4 is 21.0 Å². The number of aliphatic hydroxyl groups excluding tert-OH is 3. The minimum absolute atomic E-state index is 0.275. The molecule has 0 radical (unpaired) electrons. The van der Waals surface area contributed by atoms with Gasteiger partial charge in [0.05, 0.1) is 10.8 Å². The third kappa shape index (κ3) is 1.48. The van der Waals surface area contributed by atoms with Crippen LogP contribution in [0.4, 0.5) is 0 Å². The molecule has 0 amide bonds. The topological polar surface area (TPSA) is 134 Å². The molecular formula is C12H6O8. The van der Waals surface area contributed by atoms with Crippen LogP contribution >= 0.6 is 0 Å². The summed E-state index contributed by atoms with van der Waals surface area (Å²) in [5.74, 6) is -4.24. The third-order valence-electron chi connectivity index (χ3n) is 2.87. The molecule has 8 nitrogen and oxygen atoms in total. The highest BCUT2D eigenvalue weighted by Crippen LogP contribution is 2.23. The van der Waals surface area contributed by atoms with E-state index in [2.05, 4.69) is 0 Å². The average molecular weight is 278 g/mol. The molecular weight excluding hydrogens is 272 g/mol. The number of esters is 1. The van der Waals surface area contributed by atoms with Crippen LogP contribution in [0.5, 0.6) is 5.75 Å². The summed E-state index contributed by atoms with van der Waals surface area (Å²) in [6.45, 7) is 0. The van der Waals surface area contributed by atoms with Gasteiger partial charge in [-0.25, -0.2) is 9.59 Å². The Morgan fingerprint density at radius 2 is 1.80 bits per heavy atom. The molecule has 1 atom stereocenters. The van der Waals surface area contributed by atoms with E-state index in [0.29, 0.717) is 0 Å². The molecule has 1 aliphatic heterocycles. The first-order valence-electron chi connectivity index (χ1n) is 5.37. The highest BCUT2D eigenvalue weighted by Gasteiger charge is 2.31. The van der Waals surface area contributed by atoms with Crippen LogP contribution in [0.15, 0.2) is 15.0 Å². The number of rotatable bonds is 0. The summed E-state index contributed by atoms with van der Waals surface area (Å²) in [4.78, 5) is 34.4. The molecule has 0 saturated heterocycles. The monoisotopic (exact) mass is 278 g/mol. The molecule has 0 fully saturated rings. The van der Waals surface area contributed by atoms with Gasteiger partial charge in [-0.3, -0.25) is 4.79 Å². The second-order valence-electron chi connectivity index (χ2n) is 4.11. The third-order valence-corrected chi connectivity index (χ3v) is 2.87. The zero-order chi connectivity index (χ0) is 14.6. The van der Waals surface area contributed by atoms with Crippen LogP contribution in [0.1, 0.15) is 5.56 Å². The number of allylic oxidation sites excluding steroid dienone is 1. The Balaban J connectivity index is 2.51. The molecule has 3 rings (SSSR count). The minimum atomic E-state index is -1.61. The van der Waals surface area contributed by atoms with Gasteiger partial charge in [-0.1, -0.05) is 0 Å². The number of fused-ring (bicyclic) bond motifs is 3. The minimum Gasteiger partial charge on any atom is -0.504 e. The van der Waals surface area contributed by atoms with Crippen molar-refractivity contribution in [2.75, 3.05) is 0 Å². The van der Waals surface area contributed by atoms with Gasteiger partial charge in [0.25, 0.3) is 0 Å². The summed E-state index contributed by atoms with van der Waals surface area (Å²) in [6.07, 6.45) is 0.0662. The van der Waals surface area contributed by atoms with E-state index in [-0.39, 0.29) is 21.9 Å². The Kier molecular flexibility index (Phi) is 2.32. The first kappa shape index (κ1) is 12.2. The molecule has 102 valence electrons. The summed E-state index contributed by atoms with van der Waals surface area (Å²) in [5, 5.41) is 28.1. The second kappa shape index (κ2) is 3.81. The molecule has 0 saturated carbocycles. The Labute approximate surface area is 109 Å². The van der Waals surface area contributed by atoms with E-state index in [0.717, 1.165) is 12.2 Å². The van der Waals surface area contributed by atoms with Crippen LogP contribution in [0, 0.1) is 0 Å². The maximum atomic E-state index is 11.7. The van der Waals surface area contributed by atoms with Gasteiger partial charge < -0.3 is 24.5 Å². The van der Waals surface area contributed by atoms with Crippen molar-refractivity contribution in [2.45, 2.75) is 6.10 Å². The summed E-state index contributed by atoms with van der Waals surface area (Å²) >= 11 is 0. The van der Waals surface area contributed by atoms with Crippen molar-refractivity contribution in [3.05, 3.63) is 32.4 Å². The predicted molar refractivity (Wildman–Crippen MR) is 62.0 cm³/mol. The number of ketones is 1. The molecule has 2 aliphatic rings. The quantitative estimate of drug-likeness (QED) is 0.457. The Morgan fingerprint density at radius 1 is 1.10 bits per heavy atom. The van der Waals surface area contributed by atoms with Gasteiger partial charge in [-0.15, -0.1) is 0 Å². The lowest BCUT2D eigenvalue weighted by Gasteiger charge is -2.17. The van der Waals surface area contributed by atoms with Crippen molar-refractivity contribution in [2.24, 2.45) is 0 Å². The normalized spacial score (nSPS) is 20.6. The fourth-order valence-electron chi connectivity index (χ4n) is 1.93. The van der Waals surface area contributed by atoms with E-state index >= 15 is 0 Å². The van der Waals surface area contributed by atoms with Crippen molar-refractivity contribution in [1.82, 2.24) is 0 Å². The van der Waals surface area contributed by atoms with Crippen molar-refractivity contribution >= 4 is 29.7 Å². The summed E-state index contributed by atoms with van der Waals surface area (Å²) in [7, 11) is 0. The molecule has 1 aliphatic carbocycles. The maximum absolute atomic E-state index is 11.7. The van der Waals surface area contributed by atoms with Crippen molar-refractivity contribution in [3.8, 4) is 5.75 Å². The van der Waals surface area contributed by atoms with Gasteiger partial charge in [-0.2, -0.15) is 0 Å². The molecule has 8 heteroatoms. The van der Waals surface area contributed by atoms with Crippen molar-refractivity contribution in [3.63, 3.8) is 0 Å². The summed E-state index contributed by atoms with van der Waals surface area (Å²) in [6, 6.07) is 0. The van der Waals surface area contributed by atoms with Crippen molar-refractivity contribution in [1.29, 1.82) is 0 Å². The highest BCUT2D eigenvalue weighted by molar-refractivity contribution is 6.20. The van der Waals surface area contributed by atoms with Crippen LogP contribution in [0.25, 0.3) is 17.9 Å². The molecule has 0 bridgehead atoms. The number of Topliss-reactive ketones (excluding diaryl/α,β-unsaturated/α-hetero) is 1. The van der Waals surface area contributed by atoms with E-state index in [1.807, 2.05) is 0 Å². The number of hydrogen-bond acceptors (Lipinski definition) is 8. The standard InChI is InChI=1S/C12H6O8/c13-4-1-3-7(9(16)8(4)15)10-6(19-11(3)17)2-5(14)12(18)20-10/h1-2,5,14-16H. The Bertz CT molecular complexity index is 870. The number of hydrogen-bond donors (Lipinski definition) is 3. The van der Waals surface area contributed by atoms with E-state index in [1.165, 1.54) is 0 Å². The number of ether oxygens (including phenoxy) is 1. The van der Waals surface area contributed by atoms with Gasteiger partial charge in [-0.05, 0) is 0 Å². The van der Waals surface area contributed by atoms with Crippen LogP contribution in [0.3, 0.4) is 0 Å².